The molecule has 0 aliphatic carbocycles. The molecule has 2 N–H and O–H groups in total. The van der Waals surface area contributed by atoms with E-state index >= 15 is 0 Å². The summed E-state index contributed by atoms with van der Waals surface area (Å²) in [4.78, 5) is 20.7. The predicted molar refractivity (Wildman–Crippen MR) is 119 cm³/mol. The lowest BCUT2D eigenvalue weighted by molar-refractivity contribution is 0.100. The Hall–Kier alpha value is -3.26. The van der Waals surface area contributed by atoms with Crippen molar-refractivity contribution >= 4 is 22.6 Å². The fourth-order valence-corrected chi connectivity index (χ4v) is 4.32. The maximum Gasteiger partial charge on any atom is 0.248 e. The Bertz CT molecular complexity index is 1090. The van der Waals surface area contributed by atoms with E-state index in [2.05, 4.69) is 31.5 Å². The first-order chi connectivity index (χ1) is 15.2. The van der Waals surface area contributed by atoms with E-state index in [4.69, 9.17) is 15.2 Å². The van der Waals surface area contributed by atoms with Gasteiger partial charge < -0.3 is 24.7 Å². The fraction of sp³-hybridized carbons (Fsp3) is 0.391. The van der Waals surface area contributed by atoms with Crippen molar-refractivity contribution in [1.29, 1.82) is 0 Å². The van der Waals surface area contributed by atoms with E-state index in [1.165, 1.54) is 5.69 Å². The molecule has 8 nitrogen and oxygen atoms in total. The molecule has 1 saturated heterocycles. The molecular weight excluding hydrogens is 394 g/mol. The molecule has 0 bridgehead atoms. The van der Waals surface area contributed by atoms with Crippen LogP contribution < -0.4 is 20.1 Å². The fourth-order valence-electron chi connectivity index (χ4n) is 4.32. The number of hydrogen-bond acceptors (Lipinski definition) is 6. The van der Waals surface area contributed by atoms with Crippen LogP contribution in [-0.4, -0.2) is 66.3 Å². The molecule has 2 aromatic carbocycles. The third-order valence-electron chi connectivity index (χ3n) is 6.04. The summed E-state index contributed by atoms with van der Waals surface area (Å²) in [5.74, 6) is 1.26. The largest absolute Gasteiger partial charge is 0.486 e. The first-order valence-electron chi connectivity index (χ1n) is 10.8. The predicted octanol–water partition coefficient (Wildman–Crippen LogP) is 2.12. The van der Waals surface area contributed by atoms with Crippen molar-refractivity contribution in [1.82, 2.24) is 14.5 Å². The number of anilines is 1. The minimum atomic E-state index is -0.424. The van der Waals surface area contributed by atoms with Crippen LogP contribution in [0.4, 0.5) is 5.69 Å². The zero-order valence-corrected chi connectivity index (χ0v) is 17.5. The molecule has 8 heteroatoms. The smallest absolute Gasteiger partial charge is 0.248 e. The van der Waals surface area contributed by atoms with Crippen LogP contribution in [0.25, 0.3) is 11.0 Å². The molecular formula is C23H27N5O3. The van der Waals surface area contributed by atoms with Crippen LogP contribution in [0, 0.1) is 0 Å². The van der Waals surface area contributed by atoms with Gasteiger partial charge in [-0.05, 0) is 43.3 Å². The number of imidazole rings is 1. The van der Waals surface area contributed by atoms with Gasteiger partial charge in [0.05, 0.1) is 17.4 Å². The summed E-state index contributed by atoms with van der Waals surface area (Å²) in [6.07, 6.45) is 2.89. The molecule has 0 radical (unpaired) electrons. The molecule has 2 aliphatic rings. The number of aromatic nitrogens is 2. The number of hydrogen-bond donors (Lipinski definition) is 1. The number of primary amides is 1. The van der Waals surface area contributed by atoms with Crippen LogP contribution in [0.15, 0.2) is 42.7 Å². The van der Waals surface area contributed by atoms with E-state index in [0.29, 0.717) is 18.8 Å². The van der Waals surface area contributed by atoms with Crippen LogP contribution in [0.5, 0.6) is 11.5 Å². The van der Waals surface area contributed by atoms with Crippen LogP contribution in [0.2, 0.25) is 0 Å². The number of aryl methyl sites for hydroxylation is 1. The average Bonchev–Trinajstić information content (AvgIpc) is 3.21. The number of amides is 1. The number of piperazine rings is 1. The molecule has 0 unspecified atom stereocenters. The molecule has 162 valence electrons. The summed E-state index contributed by atoms with van der Waals surface area (Å²) in [5, 5.41) is 0. The Morgan fingerprint density at radius 1 is 0.968 bits per heavy atom. The molecule has 3 aromatic rings. The highest BCUT2D eigenvalue weighted by Gasteiger charge is 2.19. The van der Waals surface area contributed by atoms with Crippen molar-refractivity contribution in [2.24, 2.45) is 5.73 Å². The lowest BCUT2D eigenvalue weighted by atomic mass is 10.2. The number of rotatable bonds is 6. The second kappa shape index (κ2) is 8.47. The summed E-state index contributed by atoms with van der Waals surface area (Å²) in [5.41, 5.74) is 8.89. The van der Waals surface area contributed by atoms with Crippen LogP contribution >= 0.6 is 0 Å². The van der Waals surface area contributed by atoms with Gasteiger partial charge in [-0.3, -0.25) is 9.69 Å². The van der Waals surface area contributed by atoms with Gasteiger partial charge in [0.15, 0.2) is 11.5 Å². The number of carbonyl (C=O) groups is 1. The number of nitrogens with two attached hydrogens (primary N) is 1. The van der Waals surface area contributed by atoms with Gasteiger partial charge in [0.2, 0.25) is 5.91 Å². The Kier molecular flexibility index (Phi) is 5.38. The van der Waals surface area contributed by atoms with E-state index in [0.717, 1.165) is 68.2 Å². The Morgan fingerprint density at radius 2 is 1.77 bits per heavy atom. The highest BCUT2D eigenvalue weighted by Crippen LogP contribution is 2.34. The van der Waals surface area contributed by atoms with Crippen molar-refractivity contribution < 1.29 is 14.3 Å². The summed E-state index contributed by atoms with van der Waals surface area (Å²) < 4.78 is 13.5. The van der Waals surface area contributed by atoms with Gasteiger partial charge >= 0.3 is 0 Å². The molecule has 0 atom stereocenters. The highest BCUT2D eigenvalue weighted by molar-refractivity contribution is 5.96. The molecule has 31 heavy (non-hydrogen) atoms. The van der Waals surface area contributed by atoms with Gasteiger partial charge in [0, 0.05) is 50.0 Å². The topological polar surface area (TPSA) is 85.9 Å². The van der Waals surface area contributed by atoms with Gasteiger partial charge in [-0.2, -0.15) is 0 Å². The second-order valence-electron chi connectivity index (χ2n) is 8.02. The molecule has 2 aliphatic heterocycles. The summed E-state index contributed by atoms with van der Waals surface area (Å²) in [7, 11) is 0. The Morgan fingerprint density at radius 3 is 2.58 bits per heavy atom. The van der Waals surface area contributed by atoms with Crippen LogP contribution in [0.3, 0.4) is 0 Å². The zero-order valence-electron chi connectivity index (χ0n) is 17.5. The van der Waals surface area contributed by atoms with E-state index in [1.807, 2.05) is 18.5 Å². The molecule has 5 rings (SSSR count). The van der Waals surface area contributed by atoms with Gasteiger partial charge in [-0.1, -0.05) is 0 Å². The number of fused-ring (bicyclic) bond motifs is 2. The van der Waals surface area contributed by atoms with Crippen LogP contribution in [0.1, 0.15) is 16.8 Å². The average molecular weight is 422 g/mol. The van der Waals surface area contributed by atoms with Crippen LogP contribution in [-0.2, 0) is 6.54 Å². The minimum absolute atomic E-state index is 0.424. The maximum atomic E-state index is 11.3. The molecule has 3 heterocycles. The maximum absolute atomic E-state index is 11.3. The van der Waals surface area contributed by atoms with Crippen molar-refractivity contribution in [2.45, 2.75) is 13.0 Å². The van der Waals surface area contributed by atoms with E-state index < -0.39 is 5.91 Å². The van der Waals surface area contributed by atoms with Crippen molar-refractivity contribution in [3.05, 3.63) is 48.3 Å². The molecule has 1 aromatic heterocycles. The van der Waals surface area contributed by atoms with Crippen molar-refractivity contribution in [3.63, 3.8) is 0 Å². The monoisotopic (exact) mass is 421 g/mol. The van der Waals surface area contributed by atoms with E-state index in [-0.39, 0.29) is 0 Å². The SMILES string of the molecule is NC(=O)c1ccc2c(c1)ncn2CCCN1CCN(c2ccc3c(c2)OCCO3)CC1. The lowest BCUT2D eigenvalue weighted by Crippen LogP contribution is -2.46. The number of ether oxygens (including phenoxy) is 2. The van der Waals surface area contributed by atoms with Gasteiger partial charge in [0.25, 0.3) is 0 Å². The minimum Gasteiger partial charge on any atom is -0.486 e. The first kappa shape index (κ1) is 19.7. The molecule has 1 amide bonds. The lowest BCUT2D eigenvalue weighted by Gasteiger charge is -2.36. The second-order valence-corrected chi connectivity index (χ2v) is 8.02. The van der Waals surface area contributed by atoms with Gasteiger partial charge in [-0.15, -0.1) is 0 Å². The van der Waals surface area contributed by atoms with Crippen molar-refractivity contribution in [2.75, 3.05) is 50.8 Å². The Labute approximate surface area is 181 Å². The summed E-state index contributed by atoms with van der Waals surface area (Å²) in [6, 6.07) is 11.7. The normalized spacial score (nSPS) is 16.6. The third-order valence-corrected chi connectivity index (χ3v) is 6.04. The van der Waals surface area contributed by atoms with Crippen molar-refractivity contribution in [3.8, 4) is 11.5 Å². The van der Waals surface area contributed by atoms with E-state index in [1.54, 1.807) is 12.1 Å². The van der Waals surface area contributed by atoms with Gasteiger partial charge in [0.1, 0.15) is 13.2 Å². The molecule has 0 saturated carbocycles. The molecule has 0 spiro atoms. The van der Waals surface area contributed by atoms with E-state index in [9.17, 15) is 4.79 Å². The summed E-state index contributed by atoms with van der Waals surface area (Å²) in [6.45, 7) is 7.27. The standard InChI is InChI=1S/C23H27N5O3/c24-23(29)17-2-4-20-19(14-17)25-16-28(20)7-1-6-26-8-10-27(11-9-26)18-3-5-21-22(15-18)31-13-12-30-21/h2-5,14-16H,1,6-13H2,(H2,24,29). The number of nitrogens with zero attached hydrogens (tertiary/aromatic N) is 4. The number of benzene rings is 2. The first-order valence-corrected chi connectivity index (χ1v) is 10.8. The number of carbonyl (C=O) groups excluding carboxylic acids is 1. The molecule has 1 fully saturated rings. The van der Waals surface area contributed by atoms with Gasteiger partial charge in [-0.25, -0.2) is 4.98 Å². The summed E-state index contributed by atoms with van der Waals surface area (Å²) >= 11 is 0. The zero-order chi connectivity index (χ0) is 21.2. The highest BCUT2D eigenvalue weighted by atomic mass is 16.6. The quantitative estimate of drug-likeness (QED) is 0.656. The third kappa shape index (κ3) is 4.16. The Balaban J connectivity index is 1.12.